The predicted molar refractivity (Wildman–Crippen MR) is 144 cm³/mol. The van der Waals surface area contributed by atoms with Gasteiger partial charge in [-0.25, -0.2) is 4.31 Å². The van der Waals surface area contributed by atoms with E-state index in [0.717, 1.165) is 50.3 Å². The average molecular weight is 530 g/mol. The van der Waals surface area contributed by atoms with Crippen molar-refractivity contribution in [1.82, 2.24) is 14.1 Å². The molecule has 1 aliphatic carbocycles. The monoisotopic (exact) mass is 529 g/mol. The van der Waals surface area contributed by atoms with Crippen LogP contribution in [0.5, 0.6) is 5.75 Å². The van der Waals surface area contributed by atoms with Gasteiger partial charge >= 0.3 is 5.56 Å². The maximum Gasteiger partial charge on any atom is 0.316 e. The van der Waals surface area contributed by atoms with E-state index < -0.39 is 12.1 Å². The number of anilines is 2. The maximum atomic E-state index is 13.5. The smallest absolute Gasteiger partial charge is 0.316 e. The van der Waals surface area contributed by atoms with Crippen LogP contribution in [0.2, 0.25) is 5.02 Å². The molecule has 0 spiro atoms. The molecule has 0 amide bonds. The normalized spacial score (nSPS) is 17.2. The number of rotatable bonds is 9. The molecule has 1 aromatic heterocycles. The number of aromatic nitrogens is 2. The number of hydrogen-bond donors (Lipinski definition) is 1. The molecule has 1 saturated heterocycles. The molecule has 1 aliphatic heterocycles. The first-order chi connectivity index (χ1) is 17.5. The Bertz CT molecular complexity index is 1260. The van der Waals surface area contributed by atoms with Crippen LogP contribution >= 0.6 is 23.5 Å². The van der Waals surface area contributed by atoms with E-state index in [0.29, 0.717) is 22.1 Å². The van der Waals surface area contributed by atoms with Crippen LogP contribution in [0.25, 0.3) is 5.69 Å². The van der Waals surface area contributed by atoms with Crippen molar-refractivity contribution in [3.63, 3.8) is 0 Å². The minimum Gasteiger partial charge on any atom is -0.486 e. The second-order valence-electron chi connectivity index (χ2n) is 9.38. The van der Waals surface area contributed by atoms with Crippen molar-refractivity contribution in [3.8, 4) is 11.4 Å². The van der Waals surface area contributed by atoms with E-state index >= 15 is 0 Å². The lowest BCUT2D eigenvalue weighted by molar-refractivity contribution is 0.197. The second kappa shape index (κ2) is 10.7. The maximum absolute atomic E-state index is 13.5. The SMILES string of the molecule is Nc1ccc(CSN2CCN(c3cnn(-c4ccccc4)c(=O)c3OCC3(CF)CC3)CC2)cc1Cl. The predicted octanol–water partition coefficient (Wildman–Crippen LogP) is 4.57. The number of nitrogens with zero attached hydrogens (tertiary/aromatic N) is 4. The topological polar surface area (TPSA) is 76.6 Å². The first kappa shape index (κ1) is 24.9. The summed E-state index contributed by atoms with van der Waals surface area (Å²) < 4.78 is 23.2. The van der Waals surface area contributed by atoms with Crippen molar-refractivity contribution in [2.45, 2.75) is 18.6 Å². The van der Waals surface area contributed by atoms with Crippen molar-refractivity contribution in [3.05, 3.63) is 75.7 Å². The average Bonchev–Trinajstić information content (AvgIpc) is 3.70. The number of piperazine rings is 1. The summed E-state index contributed by atoms with van der Waals surface area (Å²) in [5, 5.41) is 5.01. The van der Waals surface area contributed by atoms with Crippen LogP contribution in [0.1, 0.15) is 18.4 Å². The molecule has 190 valence electrons. The number of nitrogens with two attached hydrogens (primary N) is 1. The molecule has 2 aromatic carbocycles. The lowest BCUT2D eigenvalue weighted by atomic mass is 10.1. The molecule has 0 unspecified atom stereocenters. The van der Waals surface area contributed by atoms with Crippen molar-refractivity contribution >= 4 is 34.9 Å². The highest BCUT2D eigenvalue weighted by atomic mass is 35.5. The molecule has 2 aliphatic rings. The zero-order chi connectivity index (χ0) is 25.1. The highest BCUT2D eigenvalue weighted by Gasteiger charge is 2.44. The zero-order valence-corrected chi connectivity index (χ0v) is 21.5. The summed E-state index contributed by atoms with van der Waals surface area (Å²) in [5.41, 5.74) is 8.05. The highest BCUT2D eigenvalue weighted by Crippen LogP contribution is 2.46. The molecule has 2 heterocycles. The first-order valence-electron chi connectivity index (χ1n) is 12.0. The van der Waals surface area contributed by atoms with Crippen molar-refractivity contribution in [2.24, 2.45) is 5.41 Å². The molecule has 5 rings (SSSR count). The molecule has 0 bridgehead atoms. The van der Waals surface area contributed by atoms with Crippen LogP contribution in [-0.4, -0.2) is 53.5 Å². The van der Waals surface area contributed by atoms with Crippen molar-refractivity contribution in [2.75, 3.05) is 50.1 Å². The molecule has 2 fully saturated rings. The molecular formula is C26H29ClFN5O2S. The fraction of sp³-hybridized carbons (Fsp3) is 0.385. The second-order valence-corrected chi connectivity index (χ2v) is 10.8. The van der Waals surface area contributed by atoms with Gasteiger partial charge in [-0.3, -0.25) is 9.18 Å². The Morgan fingerprint density at radius 1 is 1.11 bits per heavy atom. The molecule has 2 N–H and O–H groups in total. The van der Waals surface area contributed by atoms with Crippen molar-refractivity contribution < 1.29 is 9.13 Å². The van der Waals surface area contributed by atoms with Gasteiger partial charge in [-0.05, 0) is 42.7 Å². The third-order valence-electron chi connectivity index (χ3n) is 6.74. The van der Waals surface area contributed by atoms with Crippen LogP contribution < -0.4 is 20.9 Å². The lowest BCUT2D eigenvalue weighted by Gasteiger charge is -2.35. The molecule has 0 radical (unpaired) electrons. The van der Waals surface area contributed by atoms with Gasteiger partial charge in [0.2, 0.25) is 5.75 Å². The molecular weight excluding hydrogens is 501 g/mol. The Hall–Kier alpha value is -2.75. The van der Waals surface area contributed by atoms with Crippen LogP contribution in [0.4, 0.5) is 15.8 Å². The quantitative estimate of drug-likeness (QED) is 0.321. The molecule has 7 nitrogen and oxygen atoms in total. The fourth-order valence-corrected chi connectivity index (χ4v) is 5.28. The van der Waals surface area contributed by atoms with Crippen molar-refractivity contribution in [1.29, 1.82) is 0 Å². The summed E-state index contributed by atoms with van der Waals surface area (Å²) in [6, 6.07) is 15.0. The Morgan fingerprint density at radius 2 is 1.86 bits per heavy atom. The third kappa shape index (κ3) is 5.48. The van der Waals surface area contributed by atoms with E-state index in [4.69, 9.17) is 22.1 Å². The number of nitrogen functional groups attached to an aromatic ring is 1. The van der Waals surface area contributed by atoms with Crippen LogP contribution in [-0.2, 0) is 5.75 Å². The molecule has 0 atom stereocenters. The number of alkyl halides is 1. The Kier molecular flexibility index (Phi) is 7.41. The fourth-order valence-electron chi connectivity index (χ4n) is 4.15. The summed E-state index contributed by atoms with van der Waals surface area (Å²) in [6.07, 6.45) is 3.26. The van der Waals surface area contributed by atoms with E-state index in [1.807, 2.05) is 48.5 Å². The van der Waals surface area contributed by atoms with Gasteiger partial charge < -0.3 is 15.4 Å². The molecule has 1 saturated carbocycles. The van der Waals surface area contributed by atoms with Gasteiger partial charge in [0.05, 0.1) is 35.9 Å². The lowest BCUT2D eigenvalue weighted by Crippen LogP contribution is -2.44. The van der Waals surface area contributed by atoms with Crippen LogP contribution in [0, 0.1) is 5.41 Å². The molecule has 10 heteroatoms. The van der Waals surface area contributed by atoms with E-state index in [-0.39, 0.29) is 17.9 Å². The minimum atomic E-state index is -0.453. The number of ether oxygens (including phenoxy) is 1. The standard InChI is InChI=1S/C26H29ClFN5O2S/c27-21-14-19(6-7-22(21)29)16-36-32-12-10-31(11-13-32)23-15-30-33(20-4-2-1-3-5-20)25(34)24(23)35-18-26(17-28)8-9-26/h1-7,14-15H,8-13,16-18,29H2. The van der Waals surface area contributed by atoms with Crippen LogP contribution in [0.15, 0.2) is 59.5 Å². The number of para-hydroxylation sites is 1. The zero-order valence-electron chi connectivity index (χ0n) is 19.9. The van der Waals surface area contributed by atoms with Gasteiger partial charge in [0, 0.05) is 37.3 Å². The van der Waals surface area contributed by atoms with Crippen LogP contribution in [0.3, 0.4) is 0 Å². The summed E-state index contributed by atoms with van der Waals surface area (Å²) in [6.45, 7) is 2.82. The Labute approximate surface area is 219 Å². The van der Waals surface area contributed by atoms with E-state index in [1.54, 1.807) is 18.1 Å². The van der Waals surface area contributed by atoms with E-state index in [9.17, 15) is 9.18 Å². The van der Waals surface area contributed by atoms with E-state index in [2.05, 4.69) is 14.3 Å². The van der Waals surface area contributed by atoms with Gasteiger partial charge in [-0.1, -0.05) is 47.8 Å². The Morgan fingerprint density at radius 3 is 2.53 bits per heavy atom. The van der Waals surface area contributed by atoms with Gasteiger partial charge in [-0.15, -0.1) is 0 Å². The first-order valence-corrected chi connectivity index (χ1v) is 13.3. The third-order valence-corrected chi connectivity index (χ3v) is 8.26. The largest absolute Gasteiger partial charge is 0.486 e. The molecule has 3 aromatic rings. The Balaban J connectivity index is 1.30. The number of hydrogen-bond acceptors (Lipinski definition) is 7. The summed E-state index contributed by atoms with van der Waals surface area (Å²) in [4.78, 5) is 15.6. The van der Waals surface area contributed by atoms with E-state index in [1.165, 1.54) is 4.68 Å². The number of halogens is 2. The number of benzene rings is 2. The van der Waals surface area contributed by atoms with Gasteiger partial charge in [0.25, 0.3) is 0 Å². The highest BCUT2D eigenvalue weighted by molar-refractivity contribution is 7.96. The summed E-state index contributed by atoms with van der Waals surface area (Å²) in [5.74, 6) is 1.04. The van der Waals surface area contributed by atoms with Gasteiger partial charge in [0.15, 0.2) is 0 Å². The summed E-state index contributed by atoms with van der Waals surface area (Å²) in [7, 11) is 0. The summed E-state index contributed by atoms with van der Waals surface area (Å²) >= 11 is 7.89. The van der Waals surface area contributed by atoms with Gasteiger partial charge in [-0.2, -0.15) is 9.78 Å². The molecule has 36 heavy (non-hydrogen) atoms. The minimum absolute atomic E-state index is 0.199. The van der Waals surface area contributed by atoms with Gasteiger partial charge in [0.1, 0.15) is 5.69 Å².